The van der Waals surface area contributed by atoms with Gasteiger partial charge in [-0.2, -0.15) is 0 Å². The van der Waals surface area contributed by atoms with Crippen LogP contribution in [0.25, 0.3) is 0 Å². The molecule has 0 unspecified atom stereocenters. The molecule has 0 aromatic heterocycles. The lowest BCUT2D eigenvalue weighted by atomic mass is 10.4. The number of aldehydes is 1. The summed E-state index contributed by atoms with van der Waals surface area (Å²) in [5.74, 6) is -0.439. The minimum atomic E-state index is -4.11. The first kappa shape index (κ1) is 8.58. The van der Waals surface area contributed by atoms with Gasteiger partial charge in [-0.05, 0) is 6.42 Å². The SMILES string of the molecule is O=CCCCS(=O)(=O)[O-]. The van der Waals surface area contributed by atoms with E-state index in [4.69, 9.17) is 0 Å². The van der Waals surface area contributed by atoms with E-state index in [1.807, 2.05) is 0 Å². The summed E-state index contributed by atoms with van der Waals surface area (Å²) in [5, 5.41) is 0. The molecular weight excluding hydrogens is 144 g/mol. The van der Waals surface area contributed by atoms with E-state index in [1.54, 1.807) is 0 Å². The molecular formula is C4H7O4S-. The zero-order chi connectivity index (χ0) is 7.33. The van der Waals surface area contributed by atoms with Crippen LogP contribution in [0.2, 0.25) is 0 Å². The lowest BCUT2D eigenvalue weighted by molar-refractivity contribution is -0.107. The summed E-state index contributed by atoms with van der Waals surface area (Å²) in [6, 6.07) is 0. The average Bonchev–Trinajstić information content (AvgIpc) is 1.63. The Morgan fingerprint density at radius 1 is 1.44 bits per heavy atom. The molecule has 0 amide bonds. The number of hydrogen-bond acceptors (Lipinski definition) is 4. The lowest BCUT2D eigenvalue weighted by Gasteiger charge is -2.02. The fourth-order valence-corrected chi connectivity index (χ4v) is 0.864. The molecule has 0 saturated carbocycles. The molecule has 0 saturated heterocycles. The van der Waals surface area contributed by atoms with Gasteiger partial charge in [0.05, 0.1) is 10.1 Å². The molecule has 0 N–H and O–H groups in total. The Morgan fingerprint density at radius 2 is 2.00 bits per heavy atom. The number of unbranched alkanes of at least 4 members (excludes halogenated alkanes) is 1. The van der Waals surface area contributed by atoms with Gasteiger partial charge in [0.25, 0.3) is 0 Å². The molecule has 0 fully saturated rings. The summed E-state index contributed by atoms with van der Waals surface area (Å²) in [7, 11) is -4.11. The van der Waals surface area contributed by atoms with Crippen molar-refractivity contribution < 1.29 is 17.8 Å². The summed E-state index contributed by atoms with van der Waals surface area (Å²) in [6.45, 7) is 0. The van der Waals surface area contributed by atoms with Crippen LogP contribution < -0.4 is 0 Å². The molecule has 0 bridgehead atoms. The molecule has 0 heterocycles. The van der Waals surface area contributed by atoms with Gasteiger partial charge in [-0.25, -0.2) is 8.42 Å². The highest BCUT2D eigenvalue weighted by molar-refractivity contribution is 7.85. The maximum atomic E-state index is 9.83. The van der Waals surface area contributed by atoms with Gasteiger partial charge in [-0.15, -0.1) is 0 Å². The molecule has 0 aliphatic carbocycles. The van der Waals surface area contributed by atoms with Crippen molar-refractivity contribution in [2.45, 2.75) is 12.8 Å². The van der Waals surface area contributed by atoms with Gasteiger partial charge in [0.15, 0.2) is 0 Å². The van der Waals surface area contributed by atoms with E-state index >= 15 is 0 Å². The number of rotatable bonds is 4. The number of carbonyl (C=O) groups excluding carboxylic acids is 1. The van der Waals surface area contributed by atoms with Crippen molar-refractivity contribution in [3.05, 3.63) is 0 Å². The van der Waals surface area contributed by atoms with Crippen molar-refractivity contribution in [3.63, 3.8) is 0 Å². The van der Waals surface area contributed by atoms with Crippen LogP contribution in [-0.4, -0.2) is 25.0 Å². The van der Waals surface area contributed by atoms with E-state index in [0.717, 1.165) is 0 Å². The molecule has 0 radical (unpaired) electrons. The standard InChI is InChI=1S/C4H8O4S/c5-3-1-2-4-9(6,7)8/h3H,1-2,4H2,(H,6,7,8)/p-1. The first-order valence-electron chi connectivity index (χ1n) is 2.43. The van der Waals surface area contributed by atoms with Crippen molar-refractivity contribution in [2.24, 2.45) is 0 Å². The molecule has 54 valence electrons. The number of carbonyl (C=O) groups is 1. The van der Waals surface area contributed by atoms with Gasteiger partial charge >= 0.3 is 0 Å². The monoisotopic (exact) mass is 151 g/mol. The molecule has 0 aliphatic heterocycles. The Labute approximate surface area is 53.6 Å². The number of hydrogen-bond donors (Lipinski definition) is 0. The topological polar surface area (TPSA) is 74.3 Å². The van der Waals surface area contributed by atoms with Crippen LogP contribution in [-0.2, 0) is 14.9 Å². The molecule has 0 aromatic carbocycles. The Balaban J connectivity index is 3.40. The van der Waals surface area contributed by atoms with Crippen molar-refractivity contribution in [1.82, 2.24) is 0 Å². The van der Waals surface area contributed by atoms with Crippen molar-refractivity contribution in [1.29, 1.82) is 0 Å². The van der Waals surface area contributed by atoms with E-state index in [0.29, 0.717) is 6.29 Å². The first-order chi connectivity index (χ1) is 4.06. The van der Waals surface area contributed by atoms with Crippen molar-refractivity contribution in [3.8, 4) is 0 Å². The van der Waals surface area contributed by atoms with Crippen molar-refractivity contribution >= 4 is 16.4 Å². The van der Waals surface area contributed by atoms with Crippen LogP contribution in [0.15, 0.2) is 0 Å². The van der Waals surface area contributed by atoms with E-state index in [-0.39, 0.29) is 12.8 Å². The van der Waals surface area contributed by atoms with Crippen LogP contribution in [0.1, 0.15) is 12.8 Å². The van der Waals surface area contributed by atoms with Gasteiger partial charge in [0.1, 0.15) is 6.29 Å². The van der Waals surface area contributed by atoms with Gasteiger partial charge in [-0.1, -0.05) is 0 Å². The first-order valence-corrected chi connectivity index (χ1v) is 4.01. The van der Waals surface area contributed by atoms with E-state index in [2.05, 4.69) is 0 Å². The molecule has 0 spiro atoms. The fraction of sp³-hybridized carbons (Fsp3) is 0.750. The van der Waals surface area contributed by atoms with E-state index < -0.39 is 15.9 Å². The predicted molar refractivity (Wildman–Crippen MR) is 29.9 cm³/mol. The maximum absolute atomic E-state index is 9.83. The molecule has 9 heavy (non-hydrogen) atoms. The molecule has 5 heteroatoms. The van der Waals surface area contributed by atoms with Crippen molar-refractivity contribution in [2.75, 3.05) is 5.75 Å². The third kappa shape index (κ3) is 7.58. The highest BCUT2D eigenvalue weighted by Crippen LogP contribution is 1.89. The minimum Gasteiger partial charge on any atom is -0.748 e. The van der Waals surface area contributed by atoms with Crippen LogP contribution >= 0.6 is 0 Å². The zero-order valence-electron chi connectivity index (χ0n) is 4.74. The van der Waals surface area contributed by atoms with Gasteiger partial charge in [0, 0.05) is 12.2 Å². The highest BCUT2D eigenvalue weighted by Gasteiger charge is 1.92. The summed E-state index contributed by atoms with van der Waals surface area (Å²) in [5.41, 5.74) is 0. The van der Waals surface area contributed by atoms with E-state index in [9.17, 15) is 17.8 Å². The smallest absolute Gasteiger partial charge is 0.120 e. The minimum absolute atomic E-state index is 0.134. The van der Waals surface area contributed by atoms with E-state index in [1.165, 1.54) is 0 Å². The second-order valence-electron chi connectivity index (χ2n) is 1.57. The van der Waals surface area contributed by atoms with Gasteiger partial charge in [0.2, 0.25) is 0 Å². The summed E-state index contributed by atoms with van der Waals surface area (Å²) in [4.78, 5) is 9.59. The lowest BCUT2D eigenvalue weighted by Crippen LogP contribution is -2.03. The molecule has 0 aromatic rings. The second-order valence-corrected chi connectivity index (χ2v) is 3.09. The average molecular weight is 151 g/mol. The quantitative estimate of drug-likeness (QED) is 0.308. The predicted octanol–water partition coefficient (Wildman–Crippen LogP) is -0.489. The molecule has 0 rings (SSSR count). The molecule has 4 nitrogen and oxygen atoms in total. The summed E-state index contributed by atoms with van der Waals surface area (Å²) >= 11 is 0. The van der Waals surface area contributed by atoms with Gasteiger partial charge < -0.3 is 9.35 Å². The Kier molecular flexibility index (Phi) is 3.41. The summed E-state index contributed by atoms with van der Waals surface area (Å²) in [6.07, 6.45) is 0.863. The largest absolute Gasteiger partial charge is 0.748 e. The second kappa shape index (κ2) is 3.58. The van der Waals surface area contributed by atoms with Crippen LogP contribution in [0.5, 0.6) is 0 Å². The van der Waals surface area contributed by atoms with Gasteiger partial charge in [-0.3, -0.25) is 0 Å². The zero-order valence-corrected chi connectivity index (χ0v) is 5.56. The Bertz CT molecular complexity index is 169. The maximum Gasteiger partial charge on any atom is 0.120 e. The normalized spacial score (nSPS) is 11.2. The third-order valence-corrected chi connectivity index (χ3v) is 1.50. The Morgan fingerprint density at radius 3 is 2.33 bits per heavy atom. The van der Waals surface area contributed by atoms with Crippen LogP contribution in [0.3, 0.4) is 0 Å². The fourth-order valence-electron chi connectivity index (χ4n) is 0.343. The highest BCUT2D eigenvalue weighted by atomic mass is 32.2. The Hall–Kier alpha value is -0.420. The molecule has 0 aliphatic rings. The van der Waals surface area contributed by atoms with Crippen LogP contribution in [0.4, 0.5) is 0 Å². The summed E-state index contributed by atoms with van der Waals surface area (Å²) < 4.78 is 29.5. The molecule has 0 atom stereocenters. The third-order valence-electron chi connectivity index (χ3n) is 0.716. The van der Waals surface area contributed by atoms with Crippen LogP contribution in [0, 0.1) is 0 Å².